The van der Waals surface area contributed by atoms with Crippen molar-refractivity contribution < 1.29 is 19.1 Å². The van der Waals surface area contributed by atoms with Crippen molar-refractivity contribution in [3.63, 3.8) is 0 Å². The number of carbonyl (C=O) groups is 2. The topological polar surface area (TPSA) is 59.1 Å². The lowest BCUT2D eigenvalue weighted by Crippen LogP contribution is -2.57. The fourth-order valence-corrected chi connectivity index (χ4v) is 5.02. The zero-order valence-electron chi connectivity index (χ0n) is 22.7. The van der Waals surface area contributed by atoms with Gasteiger partial charge in [-0.25, -0.2) is 0 Å². The first kappa shape index (κ1) is 27.0. The molecule has 1 atom stereocenters. The van der Waals surface area contributed by atoms with E-state index in [-0.39, 0.29) is 24.4 Å². The first-order valence-corrected chi connectivity index (χ1v) is 13.6. The van der Waals surface area contributed by atoms with Crippen LogP contribution in [0.3, 0.4) is 0 Å². The highest BCUT2D eigenvalue weighted by molar-refractivity contribution is 5.97. The van der Waals surface area contributed by atoms with Crippen LogP contribution in [0.1, 0.15) is 33.5 Å². The summed E-state index contributed by atoms with van der Waals surface area (Å²) in [6.45, 7) is 1.54. The minimum Gasteiger partial charge on any atom is -0.497 e. The van der Waals surface area contributed by atoms with E-state index in [1.807, 2.05) is 77.7 Å². The highest BCUT2D eigenvalue weighted by Gasteiger charge is 2.34. The molecule has 0 radical (unpaired) electrons. The minimum absolute atomic E-state index is 0.0458. The molecule has 6 nitrogen and oxygen atoms in total. The molecule has 4 aromatic carbocycles. The van der Waals surface area contributed by atoms with Gasteiger partial charge in [-0.05, 0) is 65.9 Å². The molecule has 0 spiro atoms. The molecule has 204 valence electrons. The summed E-state index contributed by atoms with van der Waals surface area (Å²) in [6.07, 6.45) is 1.59. The van der Waals surface area contributed by atoms with Crippen LogP contribution < -0.4 is 9.47 Å². The molecule has 0 saturated carbocycles. The molecule has 0 N–H and O–H groups in total. The Labute approximate surface area is 235 Å². The van der Waals surface area contributed by atoms with Crippen LogP contribution >= 0.6 is 0 Å². The Bertz CT molecular complexity index is 1390. The molecule has 1 fully saturated rings. The second kappa shape index (κ2) is 13.0. The number of carbonyl (C=O) groups excluding carboxylic acids is 2. The minimum atomic E-state index is -0.139. The van der Waals surface area contributed by atoms with Crippen molar-refractivity contribution in [3.05, 3.63) is 131 Å². The van der Waals surface area contributed by atoms with Crippen LogP contribution in [-0.2, 0) is 24.4 Å². The monoisotopic (exact) mass is 534 g/mol. The number of ether oxygens (including phenoxy) is 2. The van der Waals surface area contributed by atoms with Gasteiger partial charge in [0.15, 0.2) is 0 Å². The third-order valence-electron chi connectivity index (χ3n) is 7.28. The van der Waals surface area contributed by atoms with E-state index in [2.05, 4.69) is 12.1 Å². The maximum absolute atomic E-state index is 13.5. The molecule has 1 aliphatic heterocycles. The Hall–Kier alpha value is -4.58. The van der Waals surface area contributed by atoms with Gasteiger partial charge in [-0.2, -0.15) is 0 Å². The predicted octanol–water partition coefficient (Wildman–Crippen LogP) is 5.76. The fraction of sp³-hybridized carbons (Fsp3) is 0.235. The number of benzene rings is 4. The Morgan fingerprint density at radius 3 is 2.05 bits per heavy atom. The smallest absolute Gasteiger partial charge is 0.254 e. The largest absolute Gasteiger partial charge is 0.497 e. The van der Waals surface area contributed by atoms with Crippen molar-refractivity contribution >= 4 is 11.8 Å². The van der Waals surface area contributed by atoms with Crippen molar-refractivity contribution in [2.45, 2.75) is 32.0 Å². The summed E-state index contributed by atoms with van der Waals surface area (Å²) in [5.41, 5.74) is 3.91. The van der Waals surface area contributed by atoms with Crippen molar-refractivity contribution in [3.8, 4) is 11.5 Å². The number of hydrogen-bond donors (Lipinski definition) is 0. The molecular weight excluding hydrogens is 500 g/mol. The van der Waals surface area contributed by atoms with Crippen molar-refractivity contribution in [1.29, 1.82) is 0 Å². The van der Waals surface area contributed by atoms with Gasteiger partial charge in [0.2, 0.25) is 5.91 Å². The van der Waals surface area contributed by atoms with Gasteiger partial charge in [0.1, 0.15) is 24.7 Å². The van der Waals surface area contributed by atoms with Crippen molar-refractivity contribution in [1.82, 2.24) is 9.80 Å². The zero-order chi connectivity index (χ0) is 27.7. The van der Waals surface area contributed by atoms with Crippen molar-refractivity contribution in [2.75, 3.05) is 20.2 Å². The number of piperazine rings is 1. The Balaban J connectivity index is 1.28. The lowest BCUT2D eigenvalue weighted by atomic mass is 10.00. The lowest BCUT2D eigenvalue weighted by molar-refractivity contribution is -0.139. The molecule has 1 heterocycles. The zero-order valence-corrected chi connectivity index (χ0v) is 22.7. The molecule has 0 bridgehead atoms. The summed E-state index contributed by atoms with van der Waals surface area (Å²) in [4.78, 5) is 30.4. The molecule has 4 aromatic rings. The molecule has 6 heteroatoms. The van der Waals surface area contributed by atoms with E-state index in [0.717, 1.165) is 29.7 Å². The van der Waals surface area contributed by atoms with E-state index in [9.17, 15) is 9.59 Å². The van der Waals surface area contributed by atoms with Crippen LogP contribution in [0.25, 0.3) is 0 Å². The standard InChI is InChI=1S/C34H34N2O4/c1-39-31-20-15-29(16-21-31)34(38)35-23-30(17-12-26-8-4-2-5-9-26)36(33(37)24-35)22-27-13-18-32(19-14-27)40-25-28-10-6-3-7-11-28/h2-11,13-16,18-21,30H,12,17,22-25H2,1H3/t30-/m0/s1. The number of aryl methyl sites for hydroxylation is 1. The van der Waals surface area contributed by atoms with Gasteiger partial charge in [0, 0.05) is 18.7 Å². The maximum Gasteiger partial charge on any atom is 0.254 e. The number of nitrogens with zero attached hydrogens (tertiary/aromatic N) is 2. The van der Waals surface area contributed by atoms with E-state index < -0.39 is 0 Å². The predicted molar refractivity (Wildman–Crippen MR) is 155 cm³/mol. The van der Waals surface area contributed by atoms with Gasteiger partial charge >= 0.3 is 0 Å². The molecule has 5 rings (SSSR count). The summed E-state index contributed by atoms with van der Waals surface area (Å²) >= 11 is 0. The first-order valence-electron chi connectivity index (χ1n) is 13.6. The lowest BCUT2D eigenvalue weighted by Gasteiger charge is -2.41. The molecule has 0 aliphatic carbocycles. The Morgan fingerprint density at radius 1 is 0.775 bits per heavy atom. The molecule has 2 amide bonds. The third-order valence-corrected chi connectivity index (χ3v) is 7.28. The third kappa shape index (κ3) is 6.89. The van der Waals surface area contributed by atoms with Crippen LogP contribution in [-0.4, -0.2) is 47.9 Å². The van der Waals surface area contributed by atoms with Gasteiger partial charge in [-0.3, -0.25) is 9.59 Å². The summed E-state index contributed by atoms with van der Waals surface area (Å²) in [7, 11) is 1.59. The van der Waals surface area contributed by atoms with E-state index in [0.29, 0.717) is 31.0 Å². The summed E-state index contributed by atoms with van der Waals surface area (Å²) in [5, 5.41) is 0. The quantitative estimate of drug-likeness (QED) is 0.260. The van der Waals surface area contributed by atoms with E-state index >= 15 is 0 Å². The Morgan fingerprint density at radius 2 is 1.40 bits per heavy atom. The van der Waals surface area contributed by atoms with Gasteiger partial charge in [0.25, 0.3) is 5.91 Å². The van der Waals surface area contributed by atoms with E-state index in [4.69, 9.17) is 9.47 Å². The van der Waals surface area contributed by atoms with Crippen LogP contribution in [0.4, 0.5) is 0 Å². The van der Waals surface area contributed by atoms with Gasteiger partial charge in [0.05, 0.1) is 13.2 Å². The van der Waals surface area contributed by atoms with E-state index in [1.54, 1.807) is 36.3 Å². The molecule has 40 heavy (non-hydrogen) atoms. The second-order valence-electron chi connectivity index (χ2n) is 10.0. The Kier molecular flexibility index (Phi) is 8.76. The summed E-state index contributed by atoms with van der Waals surface area (Å²) < 4.78 is 11.2. The fourth-order valence-electron chi connectivity index (χ4n) is 5.02. The van der Waals surface area contributed by atoms with Gasteiger partial charge < -0.3 is 19.3 Å². The molecule has 0 aromatic heterocycles. The summed E-state index contributed by atoms with van der Waals surface area (Å²) in [6, 6.07) is 35.2. The van der Waals surface area contributed by atoms with Gasteiger partial charge in [-0.15, -0.1) is 0 Å². The van der Waals surface area contributed by atoms with Crippen LogP contribution in [0, 0.1) is 0 Å². The number of amides is 2. The molecule has 1 saturated heterocycles. The maximum atomic E-state index is 13.5. The van der Waals surface area contributed by atoms with E-state index in [1.165, 1.54) is 5.56 Å². The average Bonchev–Trinajstić information content (AvgIpc) is 3.01. The molecule has 0 unspecified atom stereocenters. The van der Waals surface area contributed by atoms with Crippen LogP contribution in [0.15, 0.2) is 109 Å². The van der Waals surface area contributed by atoms with Crippen molar-refractivity contribution in [2.24, 2.45) is 0 Å². The number of rotatable bonds is 10. The summed E-state index contributed by atoms with van der Waals surface area (Å²) in [5.74, 6) is 1.29. The highest BCUT2D eigenvalue weighted by atomic mass is 16.5. The molecular formula is C34H34N2O4. The van der Waals surface area contributed by atoms with Gasteiger partial charge in [-0.1, -0.05) is 72.8 Å². The molecule has 1 aliphatic rings. The first-order chi connectivity index (χ1) is 19.6. The number of hydrogen-bond acceptors (Lipinski definition) is 4. The normalized spacial score (nSPS) is 15.1. The van der Waals surface area contributed by atoms with Crippen LogP contribution in [0.5, 0.6) is 11.5 Å². The van der Waals surface area contributed by atoms with Crippen LogP contribution in [0.2, 0.25) is 0 Å². The average molecular weight is 535 g/mol. The number of methoxy groups -OCH3 is 1. The SMILES string of the molecule is COc1ccc(C(=O)N2CC(=O)N(Cc3ccc(OCc4ccccc4)cc3)[C@@H](CCc3ccccc3)C2)cc1. The second-order valence-corrected chi connectivity index (χ2v) is 10.0. The highest BCUT2D eigenvalue weighted by Crippen LogP contribution is 2.23.